The minimum Gasteiger partial charge on any atom is -0.301 e. The lowest BCUT2D eigenvalue weighted by molar-refractivity contribution is -0.116. The average Bonchev–Trinajstić information content (AvgIpc) is 3.13. The third-order valence-electron chi connectivity index (χ3n) is 3.60. The second kappa shape index (κ2) is 10.2. The molecule has 0 spiro atoms. The first kappa shape index (κ1) is 20.3. The van der Waals surface area contributed by atoms with E-state index in [0.29, 0.717) is 18.1 Å². The van der Waals surface area contributed by atoms with Gasteiger partial charge in [-0.15, -0.1) is 11.3 Å². The molecule has 1 heterocycles. The van der Waals surface area contributed by atoms with E-state index in [1.54, 1.807) is 17.7 Å². The van der Waals surface area contributed by atoms with Crippen molar-refractivity contribution in [2.45, 2.75) is 26.2 Å². The van der Waals surface area contributed by atoms with Gasteiger partial charge in [0.1, 0.15) is 0 Å². The van der Waals surface area contributed by atoms with E-state index in [2.05, 4.69) is 10.3 Å². The van der Waals surface area contributed by atoms with Gasteiger partial charge in [0, 0.05) is 23.5 Å². The van der Waals surface area contributed by atoms with E-state index >= 15 is 0 Å². The van der Waals surface area contributed by atoms with Crippen LogP contribution in [0.15, 0.2) is 47.3 Å². The number of rotatable bonds is 10. The van der Waals surface area contributed by atoms with Crippen LogP contribution in [0, 0.1) is 0 Å². The zero-order chi connectivity index (χ0) is 18.8. The van der Waals surface area contributed by atoms with Crippen LogP contribution in [-0.2, 0) is 14.8 Å². The second-order valence-corrected chi connectivity index (χ2v) is 8.40. The van der Waals surface area contributed by atoms with E-state index in [9.17, 15) is 13.2 Å². The number of benzene rings is 1. The molecule has 1 N–H and O–H groups in total. The average molecular weight is 394 g/mol. The second-order valence-electron chi connectivity index (χ2n) is 5.68. The fourth-order valence-electron chi connectivity index (χ4n) is 2.25. The number of carbonyl (C=O) groups excluding carboxylic acids is 1. The molecule has 2 aromatic rings. The summed E-state index contributed by atoms with van der Waals surface area (Å²) in [4.78, 5) is 16.2. The SMILES string of the molecule is CCCCCN(CC(=O)Nc1nccs1)S(=O)(=O)/C=C/c1ccccc1. The molecule has 2 rings (SSSR count). The van der Waals surface area contributed by atoms with Crippen LogP contribution in [0.1, 0.15) is 31.7 Å². The molecular formula is C18H23N3O3S2. The van der Waals surface area contributed by atoms with Gasteiger partial charge in [-0.1, -0.05) is 50.1 Å². The molecule has 1 aromatic heterocycles. The quantitative estimate of drug-likeness (QED) is 0.626. The topological polar surface area (TPSA) is 79.4 Å². The Kier molecular flexibility index (Phi) is 7.96. The van der Waals surface area contributed by atoms with Gasteiger partial charge in [-0.2, -0.15) is 4.31 Å². The summed E-state index contributed by atoms with van der Waals surface area (Å²) in [7, 11) is -3.70. The predicted octanol–water partition coefficient (Wildman–Crippen LogP) is 3.57. The van der Waals surface area contributed by atoms with Gasteiger partial charge in [0.2, 0.25) is 15.9 Å². The Balaban J connectivity index is 2.08. The Labute approximate surface area is 158 Å². The highest BCUT2D eigenvalue weighted by Crippen LogP contribution is 2.13. The Morgan fingerprint density at radius 1 is 1.27 bits per heavy atom. The molecule has 0 aliphatic carbocycles. The number of aromatic nitrogens is 1. The van der Waals surface area contributed by atoms with Crippen molar-refractivity contribution in [1.82, 2.24) is 9.29 Å². The molecular weight excluding hydrogens is 370 g/mol. The van der Waals surface area contributed by atoms with Gasteiger partial charge in [0.25, 0.3) is 0 Å². The van der Waals surface area contributed by atoms with Crippen molar-refractivity contribution in [2.75, 3.05) is 18.4 Å². The summed E-state index contributed by atoms with van der Waals surface area (Å²) < 4.78 is 26.6. The molecule has 1 aromatic carbocycles. The lowest BCUT2D eigenvalue weighted by Gasteiger charge is -2.19. The van der Waals surface area contributed by atoms with Crippen LogP contribution in [-0.4, -0.2) is 36.7 Å². The number of sulfonamides is 1. The fraction of sp³-hybridized carbons (Fsp3) is 0.333. The van der Waals surface area contributed by atoms with Gasteiger partial charge in [-0.25, -0.2) is 13.4 Å². The molecule has 0 bridgehead atoms. The maximum Gasteiger partial charge on any atom is 0.241 e. The normalized spacial score (nSPS) is 11.9. The van der Waals surface area contributed by atoms with Crippen LogP contribution in [0.25, 0.3) is 6.08 Å². The minimum absolute atomic E-state index is 0.231. The smallest absolute Gasteiger partial charge is 0.241 e. The summed E-state index contributed by atoms with van der Waals surface area (Å²) in [5.74, 6) is -0.395. The van der Waals surface area contributed by atoms with Gasteiger partial charge in [0.05, 0.1) is 6.54 Å². The summed E-state index contributed by atoms with van der Waals surface area (Å²) in [6, 6.07) is 9.19. The molecule has 1 amide bonds. The number of nitrogens with zero attached hydrogens (tertiary/aromatic N) is 2. The highest BCUT2D eigenvalue weighted by molar-refractivity contribution is 7.92. The van der Waals surface area contributed by atoms with Crippen LogP contribution in [0.3, 0.4) is 0 Å². The molecule has 26 heavy (non-hydrogen) atoms. The van der Waals surface area contributed by atoms with Crippen molar-refractivity contribution in [3.05, 3.63) is 52.9 Å². The largest absolute Gasteiger partial charge is 0.301 e. The first-order chi connectivity index (χ1) is 12.5. The van der Waals surface area contributed by atoms with Crippen molar-refractivity contribution in [3.8, 4) is 0 Å². The van der Waals surface area contributed by atoms with Gasteiger partial charge >= 0.3 is 0 Å². The van der Waals surface area contributed by atoms with E-state index < -0.39 is 15.9 Å². The first-order valence-electron chi connectivity index (χ1n) is 8.44. The lowest BCUT2D eigenvalue weighted by atomic mass is 10.2. The lowest BCUT2D eigenvalue weighted by Crippen LogP contribution is -2.37. The highest BCUT2D eigenvalue weighted by atomic mass is 32.2. The summed E-state index contributed by atoms with van der Waals surface area (Å²) >= 11 is 1.29. The maximum absolute atomic E-state index is 12.7. The summed E-state index contributed by atoms with van der Waals surface area (Å²) in [6.45, 7) is 2.12. The van der Waals surface area contributed by atoms with Crippen LogP contribution in [0.4, 0.5) is 5.13 Å². The fourth-order valence-corrected chi connectivity index (χ4v) is 3.98. The third-order valence-corrected chi connectivity index (χ3v) is 5.80. The molecule has 0 fully saturated rings. The zero-order valence-electron chi connectivity index (χ0n) is 14.7. The highest BCUT2D eigenvalue weighted by Gasteiger charge is 2.22. The van der Waals surface area contributed by atoms with Crippen LogP contribution in [0.5, 0.6) is 0 Å². The van der Waals surface area contributed by atoms with E-state index in [4.69, 9.17) is 0 Å². The first-order valence-corrected chi connectivity index (χ1v) is 10.8. The molecule has 0 radical (unpaired) electrons. The van der Waals surface area contributed by atoms with Gasteiger partial charge < -0.3 is 5.32 Å². The molecule has 0 aliphatic heterocycles. The van der Waals surface area contributed by atoms with Crippen molar-refractivity contribution in [2.24, 2.45) is 0 Å². The van der Waals surface area contributed by atoms with Crippen molar-refractivity contribution >= 4 is 38.5 Å². The van der Waals surface area contributed by atoms with E-state index in [-0.39, 0.29) is 6.54 Å². The number of unbranched alkanes of at least 4 members (excludes halogenated alkanes) is 2. The number of hydrogen-bond donors (Lipinski definition) is 1. The molecule has 140 valence electrons. The molecule has 6 nitrogen and oxygen atoms in total. The van der Waals surface area contributed by atoms with Gasteiger partial charge in [-0.05, 0) is 18.1 Å². The molecule has 0 atom stereocenters. The summed E-state index contributed by atoms with van der Waals surface area (Å²) in [6.07, 6.45) is 5.71. The number of anilines is 1. The van der Waals surface area contributed by atoms with Gasteiger partial charge in [0.15, 0.2) is 5.13 Å². The number of carbonyl (C=O) groups is 1. The van der Waals surface area contributed by atoms with E-state index in [1.807, 2.05) is 37.3 Å². The number of hydrogen-bond acceptors (Lipinski definition) is 5. The maximum atomic E-state index is 12.7. The molecule has 0 aliphatic rings. The Morgan fingerprint density at radius 2 is 2.04 bits per heavy atom. The van der Waals surface area contributed by atoms with Crippen molar-refractivity contribution in [1.29, 1.82) is 0 Å². The zero-order valence-corrected chi connectivity index (χ0v) is 16.3. The molecule has 0 unspecified atom stereocenters. The molecule has 8 heteroatoms. The standard InChI is InChI=1S/C18H23N3O3S2/c1-2-3-7-12-21(15-17(22)20-18-19-11-13-25-18)26(23,24)14-10-16-8-5-4-6-9-16/h4-6,8-11,13-14H,2-3,7,12,15H2,1H3,(H,19,20,22)/b14-10+. The van der Waals surface area contributed by atoms with Crippen LogP contribution in [0.2, 0.25) is 0 Å². The van der Waals surface area contributed by atoms with Crippen molar-refractivity contribution in [3.63, 3.8) is 0 Å². The summed E-state index contributed by atoms with van der Waals surface area (Å²) in [5, 5.41) is 5.99. The van der Waals surface area contributed by atoms with Crippen LogP contribution >= 0.6 is 11.3 Å². The number of amides is 1. The number of thiazole rings is 1. The van der Waals surface area contributed by atoms with Crippen molar-refractivity contribution < 1.29 is 13.2 Å². The minimum atomic E-state index is -3.70. The van der Waals surface area contributed by atoms with Gasteiger partial charge in [-0.3, -0.25) is 4.79 Å². The Bertz CT molecular complexity index is 803. The Morgan fingerprint density at radius 3 is 2.69 bits per heavy atom. The molecule has 0 saturated heterocycles. The molecule has 0 saturated carbocycles. The van der Waals surface area contributed by atoms with E-state index in [0.717, 1.165) is 23.8 Å². The third kappa shape index (κ3) is 6.70. The van der Waals surface area contributed by atoms with E-state index in [1.165, 1.54) is 15.6 Å². The monoisotopic (exact) mass is 393 g/mol. The number of nitrogens with one attached hydrogen (secondary N) is 1. The van der Waals surface area contributed by atoms with Crippen LogP contribution < -0.4 is 5.32 Å². The predicted molar refractivity (Wildman–Crippen MR) is 106 cm³/mol. The Hall–Kier alpha value is -2.03. The summed E-state index contributed by atoms with van der Waals surface area (Å²) in [5.41, 5.74) is 0.789.